The van der Waals surface area contributed by atoms with E-state index in [4.69, 9.17) is 10.5 Å². The highest BCUT2D eigenvalue weighted by Crippen LogP contribution is 2.00. The molecule has 1 atom stereocenters. The average molecular weight is 259 g/mol. The van der Waals surface area contributed by atoms with Gasteiger partial charge in [-0.15, -0.1) is 0 Å². The third kappa shape index (κ3) is 9.89. The molecule has 0 aliphatic heterocycles. The number of nitrogens with one attached hydrogen (secondary N) is 1. The van der Waals surface area contributed by atoms with E-state index in [0.717, 1.165) is 19.3 Å². The molecule has 0 saturated heterocycles. The summed E-state index contributed by atoms with van der Waals surface area (Å²) in [5, 5.41) is 3.03. The number of guanidine groups is 1. The van der Waals surface area contributed by atoms with Crippen LogP contribution in [0.4, 0.5) is 0 Å². The molecule has 0 rings (SSSR count). The van der Waals surface area contributed by atoms with Crippen molar-refractivity contribution in [2.45, 2.75) is 38.6 Å². The summed E-state index contributed by atoms with van der Waals surface area (Å²) in [5.41, 5.74) is 5.70. The third-order valence-corrected chi connectivity index (χ3v) is 2.36. The normalized spacial score (nSPS) is 13.2. The second-order valence-corrected chi connectivity index (χ2v) is 4.15. The molecule has 0 fully saturated rings. The smallest absolute Gasteiger partial charge is 0.305 e. The number of carbonyl (C=O) groups is 1. The summed E-state index contributed by atoms with van der Waals surface area (Å²) in [6, 6.07) is 0.151. The molecule has 18 heavy (non-hydrogen) atoms. The van der Waals surface area contributed by atoms with Gasteiger partial charge in [0.1, 0.15) is 0 Å². The first-order chi connectivity index (χ1) is 8.60. The molecule has 0 amide bonds. The molecule has 0 aromatic heterocycles. The zero-order chi connectivity index (χ0) is 13.8. The Bertz CT molecular complexity index is 257. The van der Waals surface area contributed by atoms with Crippen LogP contribution in [0.25, 0.3) is 0 Å². The predicted octanol–water partition coefficient (Wildman–Crippen LogP) is 0.659. The lowest BCUT2D eigenvalue weighted by Gasteiger charge is -2.12. The fourth-order valence-corrected chi connectivity index (χ4v) is 1.45. The second-order valence-electron chi connectivity index (χ2n) is 4.15. The van der Waals surface area contributed by atoms with Crippen LogP contribution in [0.5, 0.6) is 0 Å². The van der Waals surface area contributed by atoms with Gasteiger partial charge in [-0.2, -0.15) is 0 Å². The number of rotatable bonds is 9. The summed E-state index contributed by atoms with van der Waals surface area (Å²) in [4.78, 5) is 15.0. The lowest BCUT2D eigenvalue weighted by molar-refractivity contribution is -0.140. The van der Waals surface area contributed by atoms with Crippen molar-refractivity contribution in [3.05, 3.63) is 0 Å². The van der Waals surface area contributed by atoms with Crippen LogP contribution in [-0.2, 0) is 14.3 Å². The van der Waals surface area contributed by atoms with Gasteiger partial charge in [0.05, 0.1) is 13.7 Å². The van der Waals surface area contributed by atoms with Crippen LogP contribution in [-0.4, -0.2) is 45.3 Å². The number of hydrogen-bond acceptors (Lipinski definition) is 4. The van der Waals surface area contributed by atoms with E-state index in [-0.39, 0.29) is 12.0 Å². The number of nitrogens with two attached hydrogens (primary N) is 1. The molecule has 0 spiro atoms. The van der Waals surface area contributed by atoms with Crippen molar-refractivity contribution in [2.75, 3.05) is 27.4 Å². The molecule has 0 bridgehead atoms. The van der Waals surface area contributed by atoms with Crippen LogP contribution in [0.3, 0.4) is 0 Å². The van der Waals surface area contributed by atoms with Crippen molar-refractivity contribution in [1.82, 2.24) is 5.32 Å². The fourth-order valence-electron chi connectivity index (χ4n) is 1.45. The number of methoxy groups -OCH3 is 2. The summed E-state index contributed by atoms with van der Waals surface area (Å²) < 4.78 is 9.53. The van der Waals surface area contributed by atoms with Crippen molar-refractivity contribution < 1.29 is 14.3 Å². The first-order valence-electron chi connectivity index (χ1n) is 6.22. The number of ether oxygens (including phenoxy) is 2. The van der Waals surface area contributed by atoms with E-state index in [2.05, 4.69) is 15.0 Å². The van der Waals surface area contributed by atoms with Crippen molar-refractivity contribution >= 4 is 11.9 Å². The Balaban J connectivity index is 3.53. The highest BCUT2D eigenvalue weighted by atomic mass is 16.5. The van der Waals surface area contributed by atoms with E-state index in [9.17, 15) is 4.79 Å². The average Bonchev–Trinajstić information content (AvgIpc) is 2.33. The monoisotopic (exact) mass is 259 g/mol. The first-order valence-corrected chi connectivity index (χ1v) is 6.22. The fraction of sp³-hybridized carbons (Fsp3) is 0.833. The minimum absolute atomic E-state index is 0.151. The van der Waals surface area contributed by atoms with E-state index in [1.165, 1.54) is 7.11 Å². The molecule has 0 radical (unpaired) electrons. The van der Waals surface area contributed by atoms with E-state index in [0.29, 0.717) is 25.5 Å². The lowest BCUT2D eigenvalue weighted by Crippen LogP contribution is -2.40. The molecule has 106 valence electrons. The van der Waals surface area contributed by atoms with Crippen molar-refractivity contribution in [3.63, 3.8) is 0 Å². The number of hydrogen-bond donors (Lipinski definition) is 2. The minimum atomic E-state index is -0.159. The highest BCUT2D eigenvalue weighted by molar-refractivity contribution is 5.78. The Hall–Kier alpha value is -1.30. The Kier molecular flexibility index (Phi) is 10.0. The van der Waals surface area contributed by atoms with E-state index in [1.807, 2.05) is 6.92 Å². The van der Waals surface area contributed by atoms with E-state index >= 15 is 0 Å². The van der Waals surface area contributed by atoms with Crippen molar-refractivity contribution in [1.29, 1.82) is 0 Å². The molecule has 1 unspecified atom stereocenters. The molecule has 0 aromatic rings. The maximum Gasteiger partial charge on any atom is 0.305 e. The Morgan fingerprint density at radius 1 is 1.33 bits per heavy atom. The van der Waals surface area contributed by atoms with Crippen molar-refractivity contribution in [2.24, 2.45) is 10.7 Å². The summed E-state index contributed by atoms with van der Waals surface area (Å²) in [6.45, 7) is 3.23. The highest BCUT2D eigenvalue weighted by Gasteiger charge is 2.01. The molecule has 3 N–H and O–H groups in total. The van der Waals surface area contributed by atoms with Gasteiger partial charge in [-0.25, -0.2) is 0 Å². The van der Waals surface area contributed by atoms with Crippen LogP contribution in [0.15, 0.2) is 4.99 Å². The molecular weight excluding hydrogens is 234 g/mol. The molecular formula is C12H25N3O3. The van der Waals surface area contributed by atoms with Crippen LogP contribution in [0.1, 0.15) is 32.6 Å². The van der Waals surface area contributed by atoms with Gasteiger partial charge >= 0.3 is 5.97 Å². The van der Waals surface area contributed by atoms with Crippen molar-refractivity contribution in [3.8, 4) is 0 Å². The number of aliphatic imine (C=N–C) groups is 1. The molecule has 0 saturated carbocycles. The second kappa shape index (κ2) is 10.8. The zero-order valence-corrected chi connectivity index (χ0v) is 11.6. The van der Waals surface area contributed by atoms with Crippen LogP contribution < -0.4 is 11.1 Å². The topological polar surface area (TPSA) is 85.9 Å². The minimum Gasteiger partial charge on any atom is -0.469 e. The van der Waals surface area contributed by atoms with Gasteiger partial charge < -0.3 is 20.5 Å². The van der Waals surface area contributed by atoms with Gasteiger partial charge in [-0.3, -0.25) is 9.79 Å². The molecule has 0 heterocycles. The summed E-state index contributed by atoms with van der Waals surface area (Å²) in [6.07, 6.45) is 3.16. The maximum atomic E-state index is 10.8. The van der Waals surface area contributed by atoms with Gasteiger partial charge in [-0.05, 0) is 19.8 Å². The van der Waals surface area contributed by atoms with Gasteiger partial charge in [0, 0.05) is 26.1 Å². The molecule has 6 heteroatoms. The molecule has 0 aliphatic carbocycles. The number of carbonyl (C=O) groups excluding carboxylic acids is 1. The van der Waals surface area contributed by atoms with Crippen LogP contribution in [0.2, 0.25) is 0 Å². The first kappa shape index (κ1) is 16.7. The Morgan fingerprint density at radius 2 is 2.06 bits per heavy atom. The van der Waals surface area contributed by atoms with Crippen LogP contribution in [0, 0.1) is 0 Å². The summed E-state index contributed by atoms with van der Waals surface area (Å²) >= 11 is 0. The quantitative estimate of drug-likeness (QED) is 0.275. The Morgan fingerprint density at radius 3 is 2.67 bits per heavy atom. The standard InChI is InChI=1S/C12H25N3O3/c1-10(9-17-2)15-12(13)14-8-6-4-5-7-11(16)18-3/h10H,4-9H2,1-3H3,(H3,13,14,15). The van der Waals surface area contributed by atoms with Gasteiger partial charge in [0.2, 0.25) is 0 Å². The van der Waals surface area contributed by atoms with Gasteiger partial charge in [-0.1, -0.05) is 6.42 Å². The Labute approximate surface area is 109 Å². The molecule has 0 aliphatic rings. The van der Waals surface area contributed by atoms with Crippen LogP contribution >= 0.6 is 0 Å². The SMILES string of the molecule is COCC(C)NC(N)=NCCCCCC(=O)OC. The van der Waals surface area contributed by atoms with Gasteiger partial charge in [0.15, 0.2) is 5.96 Å². The largest absolute Gasteiger partial charge is 0.469 e. The lowest BCUT2D eigenvalue weighted by atomic mass is 10.2. The van der Waals surface area contributed by atoms with Gasteiger partial charge in [0.25, 0.3) is 0 Å². The summed E-state index contributed by atoms with van der Waals surface area (Å²) in [7, 11) is 3.05. The van der Waals surface area contributed by atoms with E-state index in [1.54, 1.807) is 7.11 Å². The maximum absolute atomic E-state index is 10.8. The van der Waals surface area contributed by atoms with E-state index < -0.39 is 0 Å². The zero-order valence-electron chi connectivity index (χ0n) is 11.6. The number of unbranched alkanes of at least 4 members (excludes halogenated alkanes) is 2. The third-order valence-electron chi connectivity index (χ3n) is 2.36. The molecule has 6 nitrogen and oxygen atoms in total. The molecule has 0 aromatic carbocycles. The number of nitrogens with zero attached hydrogens (tertiary/aromatic N) is 1. The predicted molar refractivity (Wildman–Crippen MR) is 71.4 cm³/mol. The summed E-state index contributed by atoms with van der Waals surface area (Å²) in [5.74, 6) is 0.278. The number of esters is 1.